The van der Waals surface area contributed by atoms with Gasteiger partial charge in [0.05, 0.1) is 23.7 Å². The number of amides is 1. The maximum atomic E-state index is 13.1. The number of sulfone groups is 1. The number of ether oxygens (including phenoxy) is 1. The Morgan fingerprint density at radius 2 is 1.75 bits per heavy atom. The molecule has 0 aliphatic carbocycles. The van der Waals surface area contributed by atoms with Crippen molar-refractivity contribution in [3.8, 4) is 11.3 Å². The molecule has 10 heteroatoms. The lowest BCUT2D eigenvalue weighted by Gasteiger charge is -2.15. The van der Waals surface area contributed by atoms with Gasteiger partial charge in [-0.15, -0.1) is 0 Å². The summed E-state index contributed by atoms with van der Waals surface area (Å²) in [4.78, 5) is 24.0. The van der Waals surface area contributed by atoms with Crippen molar-refractivity contribution in [1.29, 1.82) is 0 Å². The molecule has 0 fully saturated rings. The third-order valence-corrected chi connectivity index (χ3v) is 6.48. The molecule has 8 nitrogen and oxygen atoms in total. The molecule has 1 atom stereocenters. The van der Waals surface area contributed by atoms with Gasteiger partial charge < -0.3 is 10.1 Å². The van der Waals surface area contributed by atoms with E-state index in [1.807, 2.05) is 0 Å². The van der Waals surface area contributed by atoms with Gasteiger partial charge >= 0.3 is 5.97 Å². The van der Waals surface area contributed by atoms with Crippen LogP contribution in [0, 0.1) is 5.82 Å². The van der Waals surface area contributed by atoms with Gasteiger partial charge in [-0.3, -0.25) is 14.3 Å². The SMILES string of the molecule is COC(=O)CS(=O)(=O)c1ccc(C(C)NC(=O)c2cc(-c3ccc(F)cc3)nn2C)cc1. The number of rotatable bonds is 7. The second kappa shape index (κ2) is 9.31. The van der Waals surface area contributed by atoms with Crippen molar-refractivity contribution in [3.05, 3.63) is 71.7 Å². The van der Waals surface area contributed by atoms with Crippen LogP contribution in [0.1, 0.15) is 29.0 Å². The first-order valence-corrected chi connectivity index (χ1v) is 11.3. The van der Waals surface area contributed by atoms with Crippen LogP contribution >= 0.6 is 0 Å². The fraction of sp³-hybridized carbons (Fsp3) is 0.227. The van der Waals surface area contributed by atoms with Gasteiger partial charge in [0.25, 0.3) is 5.91 Å². The van der Waals surface area contributed by atoms with Gasteiger partial charge in [-0.05, 0) is 55.0 Å². The van der Waals surface area contributed by atoms with Crippen LogP contribution in [0.5, 0.6) is 0 Å². The van der Waals surface area contributed by atoms with Crippen molar-refractivity contribution in [2.75, 3.05) is 12.9 Å². The molecule has 0 saturated carbocycles. The number of halogens is 1. The molecule has 0 saturated heterocycles. The molecule has 0 spiro atoms. The molecule has 0 aliphatic heterocycles. The number of aromatic nitrogens is 2. The summed E-state index contributed by atoms with van der Waals surface area (Å²) in [6, 6.07) is 12.9. The monoisotopic (exact) mass is 459 g/mol. The van der Waals surface area contributed by atoms with E-state index in [1.54, 1.807) is 44.3 Å². The summed E-state index contributed by atoms with van der Waals surface area (Å²) in [5.41, 5.74) is 2.20. The second-order valence-corrected chi connectivity index (χ2v) is 9.13. The van der Waals surface area contributed by atoms with Crippen LogP contribution in [-0.4, -0.2) is 42.9 Å². The van der Waals surface area contributed by atoms with Gasteiger partial charge in [-0.25, -0.2) is 12.8 Å². The number of methoxy groups -OCH3 is 1. The summed E-state index contributed by atoms with van der Waals surface area (Å²) in [5.74, 6) is -2.32. The zero-order chi connectivity index (χ0) is 23.5. The van der Waals surface area contributed by atoms with Crippen LogP contribution < -0.4 is 5.32 Å². The highest BCUT2D eigenvalue weighted by molar-refractivity contribution is 7.92. The topological polar surface area (TPSA) is 107 Å². The molecule has 3 aromatic rings. The third kappa shape index (κ3) is 5.20. The Morgan fingerprint density at radius 1 is 1.12 bits per heavy atom. The van der Waals surface area contributed by atoms with Crippen LogP contribution in [0.4, 0.5) is 4.39 Å². The fourth-order valence-electron chi connectivity index (χ4n) is 3.06. The predicted octanol–water partition coefficient (Wildman–Crippen LogP) is 2.66. The lowest BCUT2D eigenvalue weighted by molar-refractivity contribution is -0.137. The maximum Gasteiger partial charge on any atom is 0.321 e. The van der Waals surface area contributed by atoms with Crippen molar-refractivity contribution in [3.63, 3.8) is 0 Å². The van der Waals surface area contributed by atoms with E-state index in [9.17, 15) is 22.4 Å². The Kier molecular flexibility index (Phi) is 6.73. The first-order chi connectivity index (χ1) is 15.1. The molecule has 1 unspecified atom stereocenters. The maximum absolute atomic E-state index is 13.1. The third-order valence-electron chi connectivity index (χ3n) is 4.87. The van der Waals surface area contributed by atoms with Crippen LogP contribution in [0.3, 0.4) is 0 Å². The van der Waals surface area contributed by atoms with E-state index < -0.39 is 27.6 Å². The number of hydrogen-bond donors (Lipinski definition) is 1. The largest absolute Gasteiger partial charge is 0.468 e. The molecule has 1 N–H and O–H groups in total. The van der Waals surface area contributed by atoms with Crippen LogP contribution in [0.15, 0.2) is 59.5 Å². The highest BCUT2D eigenvalue weighted by Gasteiger charge is 2.21. The number of esters is 1. The van der Waals surface area contributed by atoms with Crippen molar-refractivity contribution in [2.45, 2.75) is 17.9 Å². The number of hydrogen-bond acceptors (Lipinski definition) is 6. The molecule has 2 aromatic carbocycles. The van der Waals surface area contributed by atoms with Gasteiger partial charge in [-0.1, -0.05) is 12.1 Å². The summed E-state index contributed by atoms with van der Waals surface area (Å²) in [5, 5.41) is 7.15. The fourth-order valence-corrected chi connectivity index (χ4v) is 4.20. The quantitative estimate of drug-likeness (QED) is 0.545. The standard InChI is InChI=1S/C22H22FN3O5S/c1-14(15-6-10-18(11-7-15)32(29,30)13-21(27)31-3)24-22(28)20-12-19(25-26(20)2)16-4-8-17(23)9-5-16/h4-12,14H,13H2,1-3H3,(H,24,28). The minimum Gasteiger partial charge on any atom is -0.468 e. The average Bonchev–Trinajstić information content (AvgIpc) is 3.15. The van der Waals surface area contributed by atoms with Gasteiger partial charge in [0.2, 0.25) is 0 Å². The number of nitrogens with one attached hydrogen (secondary N) is 1. The summed E-state index contributed by atoms with van der Waals surface area (Å²) in [6.07, 6.45) is 0. The van der Waals surface area contributed by atoms with E-state index in [2.05, 4.69) is 15.2 Å². The Bertz CT molecular complexity index is 1240. The van der Waals surface area contributed by atoms with E-state index in [1.165, 1.54) is 28.9 Å². The molecule has 168 valence electrons. The molecule has 0 aliphatic rings. The van der Waals surface area contributed by atoms with E-state index in [0.29, 0.717) is 22.5 Å². The Balaban J connectivity index is 1.72. The van der Waals surface area contributed by atoms with Crippen molar-refractivity contribution >= 4 is 21.7 Å². The summed E-state index contributed by atoms with van der Waals surface area (Å²) in [6.45, 7) is 1.76. The molecule has 1 amide bonds. The lowest BCUT2D eigenvalue weighted by Crippen LogP contribution is -2.28. The summed E-state index contributed by atoms with van der Waals surface area (Å²) < 4.78 is 43.4. The van der Waals surface area contributed by atoms with Crippen molar-refractivity contribution in [2.24, 2.45) is 7.05 Å². The predicted molar refractivity (Wildman–Crippen MR) is 115 cm³/mol. The molecule has 0 bridgehead atoms. The molecule has 1 heterocycles. The Labute approximate surface area is 184 Å². The number of benzene rings is 2. The number of carbonyl (C=O) groups is 2. The minimum atomic E-state index is -3.81. The Hall–Kier alpha value is -3.53. The number of aryl methyl sites for hydroxylation is 1. The van der Waals surface area contributed by atoms with Crippen molar-refractivity contribution < 1.29 is 27.1 Å². The first kappa shape index (κ1) is 23.1. The van der Waals surface area contributed by atoms with E-state index in [4.69, 9.17) is 0 Å². The van der Waals surface area contributed by atoms with E-state index in [-0.39, 0.29) is 16.6 Å². The molecule has 0 radical (unpaired) electrons. The second-order valence-electron chi connectivity index (χ2n) is 7.14. The van der Waals surface area contributed by atoms with E-state index >= 15 is 0 Å². The Morgan fingerprint density at radius 3 is 2.34 bits per heavy atom. The average molecular weight is 459 g/mol. The van der Waals surface area contributed by atoms with Crippen LogP contribution in [-0.2, 0) is 26.4 Å². The zero-order valence-corrected chi connectivity index (χ0v) is 18.5. The van der Waals surface area contributed by atoms with Gasteiger partial charge in [0, 0.05) is 12.6 Å². The van der Waals surface area contributed by atoms with Gasteiger partial charge in [-0.2, -0.15) is 5.10 Å². The molecule has 3 rings (SSSR count). The minimum absolute atomic E-state index is 0.0132. The zero-order valence-electron chi connectivity index (χ0n) is 17.7. The van der Waals surface area contributed by atoms with Gasteiger partial charge in [0.1, 0.15) is 11.5 Å². The highest BCUT2D eigenvalue weighted by Crippen LogP contribution is 2.21. The van der Waals surface area contributed by atoms with Gasteiger partial charge in [0.15, 0.2) is 15.6 Å². The highest BCUT2D eigenvalue weighted by atomic mass is 32.2. The summed E-state index contributed by atoms with van der Waals surface area (Å²) in [7, 11) is -1.06. The van der Waals surface area contributed by atoms with Crippen LogP contribution in [0.2, 0.25) is 0 Å². The lowest BCUT2D eigenvalue weighted by atomic mass is 10.1. The molecule has 1 aromatic heterocycles. The molecular formula is C22H22FN3O5S. The van der Waals surface area contributed by atoms with Crippen LogP contribution in [0.25, 0.3) is 11.3 Å². The molecule has 32 heavy (non-hydrogen) atoms. The van der Waals surface area contributed by atoms with Crippen molar-refractivity contribution in [1.82, 2.24) is 15.1 Å². The number of nitrogens with zero attached hydrogens (tertiary/aromatic N) is 2. The summed E-state index contributed by atoms with van der Waals surface area (Å²) >= 11 is 0. The first-order valence-electron chi connectivity index (χ1n) is 9.61. The normalized spacial score (nSPS) is 12.2. The van der Waals surface area contributed by atoms with E-state index in [0.717, 1.165) is 7.11 Å². The number of carbonyl (C=O) groups excluding carboxylic acids is 2. The molecular weight excluding hydrogens is 437 g/mol. The smallest absolute Gasteiger partial charge is 0.321 e.